The van der Waals surface area contributed by atoms with E-state index in [1.807, 2.05) is 19.1 Å². The average Bonchev–Trinajstić information content (AvgIpc) is 1.89. The van der Waals surface area contributed by atoms with Crippen LogP contribution in [-0.4, -0.2) is 18.0 Å². The van der Waals surface area contributed by atoms with E-state index < -0.39 is 6.29 Å². The van der Waals surface area contributed by atoms with Crippen molar-refractivity contribution in [3.05, 3.63) is 24.8 Å². The molecular formula is C8H14O2. The number of aliphatic hydroxyl groups excluding tert-OH is 1. The van der Waals surface area contributed by atoms with Gasteiger partial charge in [-0.05, 0) is 6.92 Å². The molecule has 0 fully saturated rings. The molecule has 0 aliphatic heterocycles. The van der Waals surface area contributed by atoms with Crippen molar-refractivity contribution in [2.75, 3.05) is 6.61 Å². The van der Waals surface area contributed by atoms with Crippen LogP contribution < -0.4 is 0 Å². The predicted molar refractivity (Wildman–Crippen MR) is 41.6 cm³/mol. The number of aliphatic hydroxyl groups is 1. The lowest BCUT2D eigenvalue weighted by molar-refractivity contribution is -0.0852. The van der Waals surface area contributed by atoms with Crippen molar-refractivity contribution in [3.63, 3.8) is 0 Å². The fourth-order valence-electron chi connectivity index (χ4n) is 0.473. The van der Waals surface area contributed by atoms with Crippen molar-refractivity contribution < 1.29 is 9.84 Å². The Bertz CT molecular complexity index is 108. The van der Waals surface area contributed by atoms with E-state index in [9.17, 15) is 0 Å². The van der Waals surface area contributed by atoms with Crippen LogP contribution in [0.1, 0.15) is 13.3 Å². The van der Waals surface area contributed by atoms with Crippen molar-refractivity contribution in [2.45, 2.75) is 19.6 Å². The van der Waals surface area contributed by atoms with Gasteiger partial charge >= 0.3 is 0 Å². The van der Waals surface area contributed by atoms with E-state index in [0.717, 1.165) is 0 Å². The molecule has 0 amide bonds. The molecule has 0 saturated carbocycles. The summed E-state index contributed by atoms with van der Waals surface area (Å²) < 4.78 is 4.92. The van der Waals surface area contributed by atoms with Gasteiger partial charge in [0.05, 0.1) is 6.61 Å². The van der Waals surface area contributed by atoms with Crippen LogP contribution in [0, 0.1) is 0 Å². The molecule has 0 rings (SSSR count). The normalized spacial score (nSPS) is 13.8. The fraction of sp³-hybridized carbons (Fsp3) is 0.500. The maximum atomic E-state index is 8.95. The zero-order valence-electron chi connectivity index (χ0n) is 6.29. The maximum Gasteiger partial charge on any atom is 0.158 e. The minimum atomic E-state index is -0.700. The molecule has 0 aromatic rings. The van der Waals surface area contributed by atoms with E-state index in [0.29, 0.717) is 13.0 Å². The van der Waals surface area contributed by atoms with E-state index in [1.54, 1.807) is 6.08 Å². The summed E-state index contributed by atoms with van der Waals surface area (Å²) in [5.41, 5.74) is 0. The molecule has 0 aromatic heterocycles. The summed E-state index contributed by atoms with van der Waals surface area (Å²) >= 11 is 0. The summed E-state index contributed by atoms with van der Waals surface area (Å²) in [6.07, 6.45) is 5.12. The minimum absolute atomic E-state index is 0.464. The summed E-state index contributed by atoms with van der Waals surface area (Å²) in [6, 6.07) is 0. The highest BCUT2D eigenvalue weighted by Gasteiger charge is 1.96. The van der Waals surface area contributed by atoms with E-state index in [2.05, 4.69) is 6.58 Å². The van der Waals surface area contributed by atoms with Gasteiger partial charge in [-0.2, -0.15) is 0 Å². The fourth-order valence-corrected chi connectivity index (χ4v) is 0.473. The van der Waals surface area contributed by atoms with Crippen molar-refractivity contribution >= 4 is 0 Å². The van der Waals surface area contributed by atoms with Gasteiger partial charge in [-0.25, -0.2) is 0 Å². The van der Waals surface area contributed by atoms with Gasteiger partial charge in [-0.1, -0.05) is 18.2 Å². The van der Waals surface area contributed by atoms with Crippen LogP contribution in [0.2, 0.25) is 0 Å². The van der Waals surface area contributed by atoms with Crippen LogP contribution in [-0.2, 0) is 4.74 Å². The first-order valence-corrected chi connectivity index (χ1v) is 3.33. The molecule has 0 heterocycles. The summed E-state index contributed by atoms with van der Waals surface area (Å²) in [6.45, 7) is 5.84. The monoisotopic (exact) mass is 142 g/mol. The molecule has 0 saturated heterocycles. The lowest BCUT2D eigenvalue weighted by Crippen LogP contribution is -2.10. The summed E-state index contributed by atoms with van der Waals surface area (Å²) in [7, 11) is 0. The maximum absolute atomic E-state index is 8.95. The molecule has 1 atom stereocenters. The highest BCUT2D eigenvalue weighted by Crippen LogP contribution is 1.93. The second-order valence-electron chi connectivity index (χ2n) is 1.88. The molecule has 0 aliphatic rings. The van der Waals surface area contributed by atoms with Gasteiger partial charge in [0.1, 0.15) is 0 Å². The van der Waals surface area contributed by atoms with Crippen LogP contribution in [0.3, 0.4) is 0 Å². The van der Waals surface area contributed by atoms with E-state index in [1.165, 1.54) is 0 Å². The number of rotatable bonds is 5. The molecule has 2 heteroatoms. The SMILES string of the molecule is C=CCC(O)OCC=CC. The van der Waals surface area contributed by atoms with Crippen molar-refractivity contribution in [2.24, 2.45) is 0 Å². The predicted octanol–water partition coefficient (Wildman–Crippen LogP) is 1.47. The Balaban J connectivity index is 3.20. The molecule has 1 unspecified atom stereocenters. The third kappa shape index (κ3) is 5.54. The van der Waals surface area contributed by atoms with E-state index >= 15 is 0 Å². The first-order chi connectivity index (χ1) is 4.81. The van der Waals surface area contributed by atoms with Crippen LogP contribution >= 0.6 is 0 Å². The van der Waals surface area contributed by atoms with Gasteiger partial charge in [0.25, 0.3) is 0 Å². The van der Waals surface area contributed by atoms with Gasteiger partial charge in [0, 0.05) is 6.42 Å². The third-order valence-corrected chi connectivity index (χ3v) is 0.989. The number of allylic oxidation sites excluding steroid dienone is 1. The number of ether oxygens (including phenoxy) is 1. The first kappa shape index (κ1) is 9.40. The largest absolute Gasteiger partial charge is 0.368 e. The smallest absolute Gasteiger partial charge is 0.158 e. The van der Waals surface area contributed by atoms with Crippen molar-refractivity contribution in [1.29, 1.82) is 0 Å². The molecular weight excluding hydrogens is 128 g/mol. The highest BCUT2D eigenvalue weighted by atomic mass is 16.6. The molecule has 0 aromatic carbocycles. The van der Waals surface area contributed by atoms with Gasteiger partial charge in [-0.3, -0.25) is 0 Å². The Kier molecular flexibility index (Phi) is 6.13. The van der Waals surface area contributed by atoms with E-state index in [4.69, 9.17) is 9.84 Å². The Morgan fingerprint density at radius 3 is 2.90 bits per heavy atom. The third-order valence-electron chi connectivity index (χ3n) is 0.989. The second-order valence-corrected chi connectivity index (χ2v) is 1.88. The molecule has 1 N–H and O–H groups in total. The quantitative estimate of drug-likeness (QED) is 0.465. The Morgan fingerprint density at radius 2 is 2.40 bits per heavy atom. The van der Waals surface area contributed by atoms with Gasteiger partial charge in [-0.15, -0.1) is 6.58 Å². The lowest BCUT2D eigenvalue weighted by atomic mass is 10.4. The first-order valence-electron chi connectivity index (χ1n) is 3.33. The number of hydrogen-bond donors (Lipinski definition) is 1. The number of hydrogen-bond acceptors (Lipinski definition) is 2. The molecule has 0 spiro atoms. The van der Waals surface area contributed by atoms with Crippen molar-refractivity contribution in [1.82, 2.24) is 0 Å². The molecule has 0 aliphatic carbocycles. The Morgan fingerprint density at radius 1 is 1.70 bits per heavy atom. The summed E-state index contributed by atoms with van der Waals surface area (Å²) in [5, 5.41) is 8.95. The Labute approximate surface area is 61.8 Å². The zero-order chi connectivity index (χ0) is 7.82. The summed E-state index contributed by atoms with van der Waals surface area (Å²) in [5.74, 6) is 0. The molecule has 0 radical (unpaired) electrons. The van der Waals surface area contributed by atoms with Gasteiger partial charge in [0.2, 0.25) is 0 Å². The van der Waals surface area contributed by atoms with Crippen molar-refractivity contribution in [3.8, 4) is 0 Å². The van der Waals surface area contributed by atoms with Crippen LogP contribution in [0.15, 0.2) is 24.8 Å². The lowest BCUT2D eigenvalue weighted by Gasteiger charge is -2.06. The van der Waals surface area contributed by atoms with Gasteiger partial charge < -0.3 is 9.84 Å². The summed E-state index contributed by atoms with van der Waals surface area (Å²) in [4.78, 5) is 0. The second kappa shape index (κ2) is 6.52. The standard InChI is InChI=1S/C8H14O2/c1-3-5-7-10-8(9)6-4-2/h3-5,8-9H,2,6-7H2,1H3. The molecule has 10 heavy (non-hydrogen) atoms. The van der Waals surface area contributed by atoms with Crippen LogP contribution in [0.4, 0.5) is 0 Å². The van der Waals surface area contributed by atoms with Crippen LogP contribution in [0.25, 0.3) is 0 Å². The zero-order valence-corrected chi connectivity index (χ0v) is 6.29. The van der Waals surface area contributed by atoms with Gasteiger partial charge in [0.15, 0.2) is 6.29 Å². The molecule has 0 bridgehead atoms. The molecule has 58 valence electrons. The topological polar surface area (TPSA) is 29.5 Å². The minimum Gasteiger partial charge on any atom is -0.368 e. The molecule has 2 nitrogen and oxygen atoms in total. The average molecular weight is 142 g/mol. The van der Waals surface area contributed by atoms with E-state index in [-0.39, 0.29) is 0 Å². The van der Waals surface area contributed by atoms with Crippen LogP contribution in [0.5, 0.6) is 0 Å². The highest BCUT2D eigenvalue weighted by molar-refractivity contribution is 4.76. The Hall–Kier alpha value is -0.600.